The molecule has 4 aromatic rings. The summed E-state index contributed by atoms with van der Waals surface area (Å²) < 4.78 is 7.44. The standard InChI is InChI=1S/C27H27N5O3/c1-31-13-11-25(30-31)26(33)29-24-9-3-2-7-22(24)27(34)32-14-15-35-18-19(17-32)16-20-6-4-10-23-21(20)8-5-12-28-23/h2-13,19H,14-18H2,1H3,(H,29,33)/t19-/m1/s1. The number of nitrogens with one attached hydrogen (secondary N) is 1. The van der Waals surface area contributed by atoms with Crippen LogP contribution in [0.4, 0.5) is 5.69 Å². The van der Waals surface area contributed by atoms with Gasteiger partial charge in [0.15, 0.2) is 5.69 Å². The van der Waals surface area contributed by atoms with Crippen LogP contribution < -0.4 is 5.32 Å². The SMILES string of the molecule is Cn1ccc(C(=O)Nc2ccccc2C(=O)N2CCOC[C@H](Cc3cccc4ncccc34)C2)n1. The van der Waals surface area contributed by atoms with Crippen LogP contribution in [0.5, 0.6) is 0 Å². The third-order valence-electron chi connectivity index (χ3n) is 6.22. The fourth-order valence-corrected chi connectivity index (χ4v) is 4.52. The van der Waals surface area contributed by atoms with Gasteiger partial charge in [-0.15, -0.1) is 0 Å². The van der Waals surface area contributed by atoms with E-state index in [9.17, 15) is 9.59 Å². The summed E-state index contributed by atoms with van der Waals surface area (Å²) in [6, 6.07) is 18.9. The van der Waals surface area contributed by atoms with Crippen molar-refractivity contribution in [1.82, 2.24) is 19.7 Å². The number of amides is 2. The first-order valence-electron chi connectivity index (χ1n) is 11.7. The molecule has 0 bridgehead atoms. The van der Waals surface area contributed by atoms with Gasteiger partial charge >= 0.3 is 0 Å². The van der Waals surface area contributed by atoms with Gasteiger partial charge < -0.3 is 15.0 Å². The van der Waals surface area contributed by atoms with Crippen LogP contribution >= 0.6 is 0 Å². The summed E-state index contributed by atoms with van der Waals surface area (Å²) in [6.45, 7) is 2.12. The van der Waals surface area contributed by atoms with E-state index < -0.39 is 0 Å². The molecule has 8 nitrogen and oxygen atoms in total. The summed E-state index contributed by atoms with van der Waals surface area (Å²) in [5.74, 6) is -0.341. The van der Waals surface area contributed by atoms with Crippen molar-refractivity contribution in [3.05, 3.63) is 89.9 Å². The first-order valence-corrected chi connectivity index (χ1v) is 11.7. The lowest BCUT2D eigenvalue weighted by Gasteiger charge is -2.25. The molecule has 1 N–H and O–H groups in total. The summed E-state index contributed by atoms with van der Waals surface area (Å²) in [5.41, 5.74) is 3.37. The number of hydrogen-bond donors (Lipinski definition) is 1. The maximum absolute atomic E-state index is 13.6. The van der Waals surface area contributed by atoms with Crippen LogP contribution in [0.15, 0.2) is 73.1 Å². The van der Waals surface area contributed by atoms with E-state index in [0.717, 1.165) is 17.3 Å². The van der Waals surface area contributed by atoms with Crippen LogP contribution in [0.25, 0.3) is 10.9 Å². The van der Waals surface area contributed by atoms with Crippen molar-refractivity contribution in [3.8, 4) is 0 Å². The lowest BCUT2D eigenvalue weighted by molar-refractivity contribution is 0.0738. The minimum Gasteiger partial charge on any atom is -0.379 e. The maximum atomic E-state index is 13.6. The first-order chi connectivity index (χ1) is 17.1. The molecule has 0 saturated carbocycles. The van der Waals surface area contributed by atoms with Crippen molar-refractivity contribution in [2.45, 2.75) is 6.42 Å². The number of rotatable bonds is 5. The highest BCUT2D eigenvalue weighted by Gasteiger charge is 2.26. The molecule has 8 heteroatoms. The zero-order valence-electron chi connectivity index (χ0n) is 19.6. The first kappa shape index (κ1) is 22.7. The number of anilines is 1. The van der Waals surface area contributed by atoms with Crippen molar-refractivity contribution in [2.24, 2.45) is 13.0 Å². The lowest BCUT2D eigenvalue weighted by Crippen LogP contribution is -2.37. The summed E-state index contributed by atoms with van der Waals surface area (Å²) in [5, 5.41) is 8.11. The van der Waals surface area contributed by atoms with Crippen molar-refractivity contribution >= 4 is 28.4 Å². The second-order valence-electron chi connectivity index (χ2n) is 8.76. The maximum Gasteiger partial charge on any atom is 0.276 e. The summed E-state index contributed by atoms with van der Waals surface area (Å²) in [4.78, 5) is 32.5. The molecule has 0 radical (unpaired) electrons. The van der Waals surface area contributed by atoms with Gasteiger partial charge in [0.1, 0.15) is 0 Å². The van der Waals surface area contributed by atoms with Crippen LogP contribution in [0.3, 0.4) is 0 Å². The fraction of sp³-hybridized carbons (Fsp3) is 0.259. The van der Waals surface area contributed by atoms with E-state index in [4.69, 9.17) is 4.74 Å². The molecule has 178 valence electrons. The number of carbonyl (C=O) groups excluding carboxylic acids is 2. The molecule has 35 heavy (non-hydrogen) atoms. The molecular weight excluding hydrogens is 442 g/mol. The zero-order chi connectivity index (χ0) is 24.2. The summed E-state index contributed by atoms with van der Waals surface area (Å²) >= 11 is 0. The van der Waals surface area contributed by atoms with E-state index in [1.807, 2.05) is 23.1 Å². The molecule has 2 aromatic carbocycles. The topological polar surface area (TPSA) is 89.4 Å². The lowest BCUT2D eigenvalue weighted by atomic mass is 9.96. The van der Waals surface area contributed by atoms with Gasteiger partial charge in [-0.05, 0) is 42.3 Å². The quantitative estimate of drug-likeness (QED) is 0.483. The van der Waals surface area contributed by atoms with Gasteiger partial charge in [-0.25, -0.2) is 0 Å². The molecule has 1 fully saturated rings. The van der Waals surface area contributed by atoms with Gasteiger partial charge in [0, 0.05) is 43.8 Å². The molecule has 1 aliphatic heterocycles. The number of carbonyl (C=O) groups is 2. The molecule has 1 saturated heterocycles. The highest BCUT2D eigenvalue weighted by Crippen LogP contribution is 2.24. The Morgan fingerprint density at radius 2 is 1.97 bits per heavy atom. The van der Waals surface area contributed by atoms with Gasteiger partial charge in [0.2, 0.25) is 0 Å². The van der Waals surface area contributed by atoms with Crippen LogP contribution in [0, 0.1) is 5.92 Å². The van der Waals surface area contributed by atoms with E-state index in [0.29, 0.717) is 43.2 Å². The van der Waals surface area contributed by atoms with Gasteiger partial charge in [-0.3, -0.25) is 19.3 Å². The smallest absolute Gasteiger partial charge is 0.276 e. The molecule has 0 aliphatic carbocycles. The van der Waals surface area contributed by atoms with Crippen LogP contribution in [-0.4, -0.2) is 57.8 Å². The van der Waals surface area contributed by atoms with E-state index in [1.165, 1.54) is 5.56 Å². The fourth-order valence-electron chi connectivity index (χ4n) is 4.52. The monoisotopic (exact) mass is 469 g/mol. The van der Waals surface area contributed by atoms with Crippen molar-refractivity contribution in [1.29, 1.82) is 0 Å². The molecule has 5 rings (SSSR count). The van der Waals surface area contributed by atoms with Gasteiger partial charge in [-0.2, -0.15) is 5.10 Å². The number of pyridine rings is 1. The van der Waals surface area contributed by atoms with E-state index >= 15 is 0 Å². The van der Waals surface area contributed by atoms with E-state index in [2.05, 4.69) is 27.5 Å². The molecule has 0 spiro atoms. The number of aryl methyl sites for hydroxylation is 1. The molecule has 2 aromatic heterocycles. The minimum absolute atomic E-state index is 0.128. The van der Waals surface area contributed by atoms with Crippen LogP contribution in [-0.2, 0) is 18.2 Å². The predicted molar refractivity (Wildman–Crippen MR) is 133 cm³/mol. The Morgan fingerprint density at radius 1 is 1.09 bits per heavy atom. The molecule has 3 heterocycles. The number of benzene rings is 2. The Morgan fingerprint density at radius 3 is 2.83 bits per heavy atom. The largest absolute Gasteiger partial charge is 0.379 e. The van der Waals surface area contributed by atoms with Crippen molar-refractivity contribution in [2.75, 3.05) is 31.6 Å². The van der Waals surface area contributed by atoms with Crippen molar-refractivity contribution in [3.63, 3.8) is 0 Å². The number of aromatic nitrogens is 3. The third-order valence-corrected chi connectivity index (χ3v) is 6.22. The van der Waals surface area contributed by atoms with Crippen LogP contribution in [0.1, 0.15) is 26.4 Å². The van der Waals surface area contributed by atoms with Gasteiger partial charge in [-0.1, -0.05) is 30.3 Å². The Bertz CT molecular complexity index is 1360. The molecule has 1 aliphatic rings. The molecule has 1 atom stereocenters. The summed E-state index contributed by atoms with van der Waals surface area (Å²) in [7, 11) is 1.75. The Labute approximate surface area is 203 Å². The van der Waals surface area contributed by atoms with Gasteiger partial charge in [0.25, 0.3) is 11.8 Å². The van der Waals surface area contributed by atoms with Crippen molar-refractivity contribution < 1.29 is 14.3 Å². The normalized spacial score (nSPS) is 16.1. The van der Waals surface area contributed by atoms with Gasteiger partial charge in [0.05, 0.1) is 30.0 Å². The highest BCUT2D eigenvalue weighted by atomic mass is 16.5. The second kappa shape index (κ2) is 10.1. The zero-order valence-corrected chi connectivity index (χ0v) is 19.6. The average molecular weight is 470 g/mol. The molecular formula is C27H27N5O3. The number of hydrogen-bond acceptors (Lipinski definition) is 5. The Kier molecular flexibility index (Phi) is 6.54. The van der Waals surface area contributed by atoms with E-state index in [-0.39, 0.29) is 17.7 Å². The number of para-hydroxylation sites is 1. The van der Waals surface area contributed by atoms with Crippen LogP contribution in [0.2, 0.25) is 0 Å². The van der Waals surface area contributed by atoms with E-state index in [1.54, 1.807) is 54.5 Å². The average Bonchev–Trinajstić information content (AvgIpc) is 3.18. The number of nitrogens with zero attached hydrogens (tertiary/aromatic N) is 4. The number of fused-ring (bicyclic) bond motifs is 1. The highest BCUT2D eigenvalue weighted by molar-refractivity contribution is 6.08. The number of ether oxygens (including phenoxy) is 1. The molecule has 2 amide bonds. The Balaban J connectivity index is 1.34. The second-order valence-corrected chi connectivity index (χ2v) is 8.76. The Hall–Kier alpha value is -4.04. The predicted octanol–water partition coefficient (Wildman–Crippen LogP) is 3.55. The summed E-state index contributed by atoms with van der Waals surface area (Å²) in [6.07, 6.45) is 4.28. The molecule has 0 unspecified atom stereocenters. The third kappa shape index (κ3) is 5.07. The minimum atomic E-state index is -0.354.